The number of morpholine rings is 1. The van der Waals surface area contributed by atoms with E-state index in [0.29, 0.717) is 18.0 Å². The maximum absolute atomic E-state index is 13.1. The number of sulfonamides is 1. The van der Waals surface area contributed by atoms with Crippen LogP contribution >= 0.6 is 0 Å². The van der Waals surface area contributed by atoms with Gasteiger partial charge in [0.2, 0.25) is 10.0 Å². The summed E-state index contributed by atoms with van der Waals surface area (Å²) in [4.78, 5) is 7.57. The van der Waals surface area contributed by atoms with Crippen LogP contribution in [0.5, 0.6) is 0 Å². The molecule has 29 heavy (non-hydrogen) atoms. The fourth-order valence-corrected chi connectivity index (χ4v) is 6.20. The normalized spacial score (nSPS) is 24.9. The average Bonchev–Trinajstić information content (AvgIpc) is 3.03. The highest BCUT2D eigenvalue weighted by Crippen LogP contribution is 2.26. The zero-order valence-corrected chi connectivity index (χ0v) is 18.5. The van der Waals surface area contributed by atoms with Crippen molar-refractivity contribution in [2.45, 2.75) is 70.2 Å². The highest BCUT2D eigenvalue weighted by Gasteiger charge is 2.27. The first-order valence-corrected chi connectivity index (χ1v) is 12.2. The van der Waals surface area contributed by atoms with Crippen LogP contribution in [0.2, 0.25) is 0 Å². The number of hydrogen-bond acceptors (Lipinski definition) is 5. The van der Waals surface area contributed by atoms with Crippen molar-refractivity contribution in [3.63, 3.8) is 0 Å². The molecule has 0 bridgehead atoms. The summed E-state index contributed by atoms with van der Waals surface area (Å²) >= 11 is 0. The second-order valence-corrected chi connectivity index (χ2v) is 10.3. The Morgan fingerprint density at radius 3 is 2.45 bits per heavy atom. The molecule has 2 atom stereocenters. The molecule has 2 saturated heterocycles. The summed E-state index contributed by atoms with van der Waals surface area (Å²) in [6.45, 7) is 10.8. The molecule has 0 aliphatic carbocycles. The maximum Gasteiger partial charge on any atom is 0.243 e. The quantitative estimate of drug-likeness (QED) is 0.744. The SMILES string of the molecule is CCn1c(CN2C[C@@H](C)O[C@H](C)C2)nc2cc(S(=O)(=O)N3CCCCC3)ccc21. The number of rotatable bonds is 5. The molecule has 0 unspecified atom stereocenters. The summed E-state index contributed by atoms with van der Waals surface area (Å²) in [6, 6.07) is 5.40. The first-order valence-electron chi connectivity index (χ1n) is 10.8. The number of imidazole rings is 1. The van der Waals surface area contributed by atoms with Gasteiger partial charge in [0.25, 0.3) is 0 Å². The third-order valence-electron chi connectivity index (χ3n) is 5.93. The largest absolute Gasteiger partial charge is 0.373 e. The maximum atomic E-state index is 13.1. The molecule has 1 aromatic carbocycles. The van der Waals surface area contributed by atoms with Gasteiger partial charge in [-0.2, -0.15) is 4.31 Å². The Labute approximate surface area is 173 Å². The highest BCUT2D eigenvalue weighted by atomic mass is 32.2. The predicted molar refractivity (Wildman–Crippen MR) is 113 cm³/mol. The summed E-state index contributed by atoms with van der Waals surface area (Å²) in [6.07, 6.45) is 3.39. The van der Waals surface area contributed by atoms with E-state index in [9.17, 15) is 8.42 Å². The molecule has 0 saturated carbocycles. The minimum atomic E-state index is -3.45. The number of piperidine rings is 1. The van der Waals surface area contributed by atoms with Crippen molar-refractivity contribution >= 4 is 21.1 Å². The molecule has 3 heterocycles. The lowest BCUT2D eigenvalue weighted by Gasteiger charge is -2.35. The van der Waals surface area contributed by atoms with E-state index in [2.05, 4.69) is 30.2 Å². The smallest absolute Gasteiger partial charge is 0.243 e. The van der Waals surface area contributed by atoms with Crippen molar-refractivity contribution in [1.29, 1.82) is 0 Å². The van der Waals surface area contributed by atoms with Gasteiger partial charge in [0.15, 0.2) is 0 Å². The van der Waals surface area contributed by atoms with E-state index in [1.165, 1.54) is 0 Å². The van der Waals surface area contributed by atoms with Gasteiger partial charge in [0.1, 0.15) is 5.82 Å². The number of hydrogen-bond donors (Lipinski definition) is 0. The Kier molecular flexibility index (Phi) is 5.97. The molecule has 2 aliphatic rings. The first kappa shape index (κ1) is 20.8. The fourth-order valence-electron chi connectivity index (χ4n) is 4.66. The van der Waals surface area contributed by atoms with Crippen LogP contribution < -0.4 is 0 Å². The van der Waals surface area contributed by atoms with Gasteiger partial charge in [-0.1, -0.05) is 6.42 Å². The zero-order valence-electron chi connectivity index (χ0n) is 17.7. The topological polar surface area (TPSA) is 67.7 Å². The fraction of sp³-hybridized carbons (Fsp3) is 0.667. The monoisotopic (exact) mass is 420 g/mol. The van der Waals surface area contributed by atoms with Gasteiger partial charge >= 0.3 is 0 Å². The van der Waals surface area contributed by atoms with E-state index in [4.69, 9.17) is 9.72 Å². The van der Waals surface area contributed by atoms with Crippen molar-refractivity contribution in [1.82, 2.24) is 18.8 Å². The van der Waals surface area contributed by atoms with Gasteiger partial charge in [-0.3, -0.25) is 4.90 Å². The Bertz CT molecular complexity index is 956. The third kappa shape index (κ3) is 4.21. The van der Waals surface area contributed by atoms with Crippen molar-refractivity contribution < 1.29 is 13.2 Å². The lowest BCUT2D eigenvalue weighted by molar-refractivity contribution is -0.0712. The molecular formula is C21H32N4O3S. The molecule has 4 rings (SSSR count). The van der Waals surface area contributed by atoms with Gasteiger partial charge in [-0.05, 0) is 51.8 Å². The number of benzene rings is 1. The van der Waals surface area contributed by atoms with Crippen molar-refractivity contribution in [2.24, 2.45) is 0 Å². The Balaban J connectivity index is 1.64. The van der Waals surface area contributed by atoms with E-state index in [1.54, 1.807) is 16.4 Å². The summed E-state index contributed by atoms with van der Waals surface area (Å²) in [7, 11) is -3.45. The number of aromatic nitrogens is 2. The second-order valence-electron chi connectivity index (χ2n) is 8.34. The van der Waals surface area contributed by atoms with Crippen LogP contribution in [0.15, 0.2) is 23.1 Å². The van der Waals surface area contributed by atoms with E-state index in [-0.39, 0.29) is 12.2 Å². The molecule has 2 aromatic rings. The predicted octanol–water partition coefficient (Wildman–Crippen LogP) is 2.84. The number of aryl methyl sites for hydroxylation is 1. The molecule has 160 valence electrons. The molecule has 0 radical (unpaired) electrons. The van der Waals surface area contributed by atoms with E-state index < -0.39 is 10.0 Å². The first-order chi connectivity index (χ1) is 13.9. The van der Waals surface area contributed by atoms with Crippen molar-refractivity contribution in [2.75, 3.05) is 26.2 Å². The van der Waals surface area contributed by atoms with Crippen molar-refractivity contribution in [3.05, 3.63) is 24.0 Å². The van der Waals surface area contributed by atoms with Gasteiger partial charge < -0.3 is 9.30 Å². The van der Waals surface area contributed by atoms with Crippen molar-refractivity contribution in [3.8, 4) is 0 Å². The molecular weight excluding hydrogens is 388 g/mol. The van der Waals surface area contributed by atoms with E-state index in [1.807, 2.05) is 6.07 Å². The molecule has 2 aliphatic heterocycles. The molecule has 0 amide bonds. The lowest BCUT2D eigenvalue weighted by atomic mass is 10.2. The van der Waals surface area contributed by atoms with Gasteiger partial charge in [0, 0.05) is 32.7 Å². The second kappa shape index (κ2) is 8.34. The molecule has 1 aromatic heterocycles. The van der Waals surface area contributed by atoms with Crippen LogP contribution in [0.4, 0.5) is 0 Å². The minimum Gasteiger partial charge on any atom is -0.373 e. The Morgan fingerprint density at radius 1 is 1.10 bits per heavy atom. The van der Waals surface area contributed by atoms with Crippen LogP contribution in [0.3, 0.4) is 0 Å². The Hall–Kier alpha value is -1.48. The van der Waals surface area contributed by atoms with Gasteiger partial charge in [-0.15, -0.1) is 0 Å². The lowest BCUT2D eigenvalue weighted by Crippen LogP contribution is -2.45. The van der Waals surface area contributed by atoms with E-state index >= 15 is 0 Å². The minimum absolute atomic E-state index is 0.208. The molecule has 8 heteroatoms. The summed E-state index contributed by atoms with van der Waals surface area (Å²) in [5.41, 5.74) is 1.75. The highest BCUT2D eigenvalue weighted by molar-refractivity contribution is 7.89. The van der Waals surface area contributed by atoms with Crippen LogP contribution in [-0.4, -0.2) is 65.6 Å². The molecule has 7 nitrogen and oxygen atoms in total. The molecule has 0 N–H and O–H groups in total. The summed E-state index contributed by atoms with van der Waals surface area (Å²) in [5, 5.41) is 0. The average molecular weight is 421 g/mol. The number of ether oxygens (including phenoxy) is 1. The van der Waals surface area contributed by atoms with Gasteiger partial charge in [-0.25, -0.2) is 13.4 Å². The van der Waals surface area contributed by atoms with Gasteiger partial charge in [0.05, 0.1) is 34.7 Å². The molecule has 2 fully saturated rings. The van der Waals surface area contributed by atoms with Crippen LogP contribution in [0.1, 0.15) is 45.9 Å². The number of nitrogens with zero attached hydrogens (tertiary/aromatic N) is 4. The molecule has 0 spiro atoms. The van der Waals surface area contributed by atoms with Crippen LogP contribution in [-0.2, 0) is 27.8 Å². The zero-order chi connectivity index (χ0) is 20.6. The standard InChI is InChI=1S/C21H32N4O3S/c1-4-25-20-9-8-18(29(26,27)24-10-6-5-7-11-24)12-19(20)22-21(25)15-23-13-16(2)28-17(3)14-23/h8-9,12,16-17H,4-7,10-11,13-15H2,1-3H3/t16-,17-/m1/s1. The van der Waals surface area contributed by atoms with E-state index in [0.717, 1.165) is 62.3 Å². The summed E-state index contributed by atoms with van der Waals surface area (Å²) in [5.74, 6) is 0.983. The summed E-state index contributed by atoms with van der Waals surface area (Å²) < 4.78 is 35.7. The third-order valence-corrected chi connectivity index (χ3v) is 7.82. The van der Waals surface area contributed by atoms with Crippen LogP contribution in [0, 0.1) is 0 Å². The number of fused-ring (bicyclic) bond motifs is 1. The Morgan fingerprint density at radius 2 is 1.79 bits per heavy atom. The van der Waals surface area contributed by atoms with Crippen LogP contribution in [0.25, 0.3) is 11.0 Å².